The van der Waals surface area contributed by atoms with E-state index in [1.807, 2.05) is 30.3 Å². The van der Waals surface area contributed by atoms with Gasteiger partial charge in [0, 0.05) is 18.0 Å². The van der Waals surface area contributed by atoms with E-state index in [0.29, 0.717) is 0 Å². The molecule has 3 aliphatic rings. The first-order valence-corrected chi connectivity index (χ1v) is 13.5. The number of alkyl halides is 2. The molecule has 9 atom stereocenters. The van der Waals surface area contributed by atoms with E-state index in [9.17, 15) is 19.1 Å². The minimum absolute atomic E-state index is 0.0383. The molecule has 3 saturated heterocycles. The number of halogens is 2. The summed E-state index contributed by atoms with van der Waals surface area (Å²) in [5.74, 6) is 0.134. The van der Waals surface area contributed by atoms with Crippen molar-refractivity contribution in [3.05, 3.63) is 81.4 Å². The maximum atomic E-state index is 15.2. The summed E-state index contributed by atoms with van der Waals surface area (Å²) in [6, 6.07) is 10.3. The minimum Gasteiger partial charge on any atom is -0.394 e. The highest BCUT2D eigenvalue weighted by atomic mass is 19.1. The molecule has 14 nitrogen and oxygen atoms in total. The van der Waals surface area contributed by atoms with Crippen LogP contribution >= 0.6 is 0 Å². The molecule has 16 heteroatoms. The second-order valence-corrected chi connectivity index (χ2v) is 10.2. The first kappa shape index (κ1) is 30.7. The van der Waals surface area contributed by atoms with E-state index in [-0.39, 0.29) is 31.5 Å². The highest BCUT2D eigenvalue weighted by Crippen LogP contribution is 2.36. The van der Waals surface area contributed by atoms with Gasteiger partial charge in [0.2, 0.25) is 0 Å². The zero-order chi connectivity index (χ0) is 30.7. The van der Waals surface area contributed by atoms with Gasteiger partial charge in [-0.15, -0.1) is 0 Å². The number of rotatable bonds is 4. The maximum Gasteiger partial charge on any atom is 0.349 e. The van der Waals surface area contributed by atoms with E-state index in [1.165, 1.54) is 29.1 Å². The van der Waals surface area contributed by atoms with Gasteiger partial charge >= 0.3 is 11.4 Å². The van der Waals surface area contributed by atoms with Crippen LogP contribution < -0.4 is 22.8 Å². The van der Waals surface area contributed by atoms with Crippen LogP contribution in [0.3, 0.4) is 0 Å². The largest absolute Gasteiger partial charge is 0.394 e. The summed E-state index contributed by atoms with van der Waals surface area (Å²) in [6.07, 6.45) is -4.89. The second kappa shape index (κ2) is 13.2. The highest BCUT2D eigenvalue weighted by molar-refractivity contribution is 5.24. The molecule has 0 bridgehead atoms. The maximum absolute atomic E-state index is 15.2. The Morgan fingerprint density at radius 3 is 2.00 bits per heavy atom. The fourth-order valence-electron chi connectivity index (χ4n) is 5.12. The molecule has 3 fully saturated rings. The van der Waals surface area contributed by atoms with Crippen LogP contribution in [0.4, 0.5) is 20.4 Å². The number of nitrogens with two attached hydrogens (primary N) is 2. The van der Waals surface area contributed by atoms with Gasteiger partial charge in [-0.2, -0.15) is 9.97 Å². The van der Waals surface area contributed by atoms with E-state index in [1.54, 1.807) is 0 Å². The van der Waals surface area contributed by atoms with Crippen LogP contribution in [0.15, 0.2) is 64.4 Å². The van der Waals surface area contributed by atoms with Gasteiger partial charge in [0.25, 0.3) is 0 Å². The third kappa shape index (κ3) is 6.58. The number of nitrogen functional groups attached to an aromatic ring is 2. The lowest BCUT2D eigenvalue weighted by Gasteiger charge is -2.44. The van der Waals surface area contributed by atoms with Gasteiger partial charge in [-0.25, -0.2) is 18.4 Å². The van der Waals surface area contributed by atoms with Crippen molar-refractivity contribution in [1.82, 2.24) is 19.1 Å². The molecule has 6 rings (SSSR count). The van der Waals surface area contributed by atoms with E-state index in [2.05, 4.69) is 9.97 Å². The molecule has 0 aliphatic carbocycles. The molecule has 3 aliphatic heterocycles. The number of hydrogen-bond acceptors (Lipinski definition) is 12. The topological polar surface area (TPSA) is 199 Å². The van der Waals surface area contributed by atoms with E-state index in [4.69, 9.17) is 35.5 Å². The van der Waals surface area contributed by atoms with Gasteiger partial charge in [0.05, 0.1) is 38.5 Å². The SMILES string of the molecule is Nc1ccn([C@@H]2CO[C@@H]3COC(c4ccccc4)O[C@H]3[C@@H]2F)c(=O)n1.Nc1ccn([C@@H]2CO[C@H](CO)[C@@H](O)[C@@H]2F)c(=O)n1. The number of benzene rings is 1. The van der Waals surface area contributed by atoms with E-state index < -0.39 is 73.1 Å². The molecule has 1 aromatic carbocycles. The zero-order valence-electron chi connectivity index (χ0n) is 22.8. The molecule has 2 aromatic heterocycles. The van der Waals surface area contributed by atoms with Crippen LogP contribution in [0.2, 0.25) is 0 Å². The third-order valence-corrected chi connectivity index (χ3v) is 7.45. The van der Waals surface area contributed by atoms with Crippen molar-refractivity contribution in [3.8, 4) is 0 Å². The molecule has 5 heterocycles. The van der Waals surface area contributed by atoms with Gasteiger partial charge in [-0.1, -0.05) is 30.3 Å². The monoisotopic (exact) mass is 606 g/mol. The highest BCUT2D eigenvalue weighted by Gasteiger charge is 2.47. The molecule has 1 unspecified atom stereocenters. The van der Waals surface area contributed by atoms with Crippen LogP contribution in [0.25, 0.3) is 0 Å². The lowest BCUT2D eigenvalue weighted by Crippen LogP contribution is -2.56. The Morgan fingerprint density at radius 1 is 0.837 bits per heavy atom. The smallest absolute Gasteiger partial charge is 0.349 e. The summed E-state index contributed by atoms with van der Waals surface area (Å²) in [5.41, 5.74) is 10.3. The summed E-state index contributed by atoms with van der Waals surface area (Å²) in [6.45, 7) is -0.346. The van der Waals surface area contributed by atoms with Crippen LogP contribution in [-0.2, 0) is 18.9 Å². The Hall–Kier alpha value is -3.80. The number of fused-ring (bicyclic) bond motifs is 1. The number of anilines is 2. The van der Waals surface area contributed by atoms with Crippen molar-refractivity contribution in [3.63, 3.8) is 0 Å². The Kier molecular flexibility index (Phi) is 9.43. The van der Waals surface area contributed by atoms with Crippen molar-refractivity contribution >= 4 is 11.6 Å². The molecule has 6 N–H and O–H groups in total. The Labute approximate surface area is 243 Å². The zero-order valence-corrected chi connectivity index (χ0v) is 22.8. The number of aliphatic hydroxyl groups is 2. The molecule has 3 aromatic rings. The average Bonchev–Trinajstić information content (AvgIpc) is 3.00. The summed E-state index contributed by atoms with van der Waals surface area (Å²) in [4.78, 5) is 30.7. The number of ether oxygens (including phenoxy) is 4. The van der Waals surface area contributed by atoms with Crippen LogP contribution in [0.5, 0.6) is 0 Å². The summed E-state index contributed by atoms with van der Waals surface area (Å²) >= 11 is 0. The molecular formula is C27H32F2N6O8. The van der Waals surface area contributed by atoms with Gasteiger partial charge < -0.3 is 40.6 Å². The third-order valence-electron chi connectivity index (χ3n) is 7.45. The second-order valence-electron chi connectivity index (χ2n) is 10.2. The van der Waals surface area contributed by atoms with Crippen molar-refractivity contribution in [2.24, 2.45) is 0 Å². The summed E-state index contributed by atoms with van der Waals surface area (Å²) in [7, 11) is 0. The predicted molar refractivity (Wildman–Crippen MR) is 146 cm³/mol. The van der Waals surface area contributed by atoms with Gasteiger partial charge in [-0.05, 0) is 12.1 Å². The molecule has 43 heavy (non-hydrogen) atoms. The predicted octanol–water partition coefficient (Wildman–Crippen LogP) is -0.326. The molecule has 232 valence electrons. The standard InChI is InChI=1S/C17H18FN3O4.C10H14FN3O4/c18-14-11(21-7-6-13(19)20-17(21)22)8-23-12-9-24-16(25-15(12)14)10-4-2-1-3-5-10;11-8-5(4-18-6(3-15)9(8)16)14-2-1-7(12)13-10(14)17/h1-7,11-12,14-16H,8-9H2,(H2,19,20,22);1-2,5-6,8-9,15-16H,3-4H2,(H2,12,13,17)/t11-,12-,14-,15-,16?;5-,6-,8-,9-/m11/s1. The van der Waals surface area contributed by atoms with Crippen LogP contribution in [0.1, 0.15) is 23.9 Å². The molecule has 0 radical (unpaired) electrons. The number of aromatic nitrogens is 4. The lowest BCUT2D eigenvalue weighted by atomic mass is 9.98. The van der Waals surface area contributed by atoms with Crippen molar-refractivity contribution in [1.29, 1.82) is 0 Å². The molecule has 0 amide bonds. The van der Waals surface area contributed by atoms with E-state index >= 15 is 4.39 Å². The average molecular weight is 607 g/mol. The van der Waals surface area contributed by atoms with Crippen molar-refractivity contribution < 1.29 is 37.9 Å². The fourth-order valence-corrected chi connectivity index (χ4v) is 5.12. The van der Waals surface area contributed by atoms with Gasteiger partial charge in [-0.3, -0.25) is 9.13 Å². The number of hydrogen-bond donors (Lipinski definition) is 4. The quantitative estimate of drug-likeness (QED) is 0.302. The molecule has 0 saturated carbocycles. The first-order chi connectivity index (χ1) is 20.7. The van der Waals surface area contributed by atoms with Gasteiger partial charge in [0.15, 0.2) is 18.6 Å². The molecule has 0 spiro atoms. The summed E-state index contributed by atoms with van der Waals surface area (Å²) < 4.78 is 53.6. The van der Waals surface area contributed by atoms with Crippen LogP contribution in [0, 0.1) is 0 Å². The van der Waals surface area contributed by atoms with Crippen molar-refractivity contribution in [2.45, 2.75) is 55.1 Å². The number of aliphatic hydroxyl groups excluding tert-OH is 2. The molecular weight excluding hydrogens is 574 g/mol. The van der Waals surface area contributed by atoms with Gasteiger partial charge in [0.1, 0.15) is 36.1 Å². The van der Waals surface area contributed by atoms with Crippen molar-refractivity contribution in [2.75, 3.05) is 37.9 Å². The number of nitrogens with zero attached hydrogens (tertiary/aromatic N) is 4. The fraction of sp³-hybridized carbons (Fsp3) is 0.481. The van der Waals surface area contributed by atoms with E-state index in [0.717, 1.165) is 10.1 Å². The summed E-state index contributed by atoms with van der Waals surface area (Å²) in [5, 5.41) is 18.5. The Bertz CT molecular complexity index is 1500. The normalized spacial score (nSPS) is 32.2. The van der Waals surface area contributed by atoms with Crippen LogP contribution in [-0.4, -0.2) is 92.5 Å². The Balaban J connectivity index is 0.000000181. The first-order valence-electron chi connectivity index (χ1n) is 13.5. The Morgan fingerprint density at radius 2 is 1.42 bits per heavy atom. The lowest BCUT2D eigenvalue weighted by molar-refractivity contribution is -0.298. The minimum atomic E-state index is -1.72.